The lowest BCUT2D eigenvalue weighted by atomic mass is 10.1. The number of carbonyl (C=O) groups is 1. The third kappa shape index (κ3) is 9.21. The van der Waals surface area contributed by atoms with Crippen molar-refractivity contribution in [2.75, 3.05) is 18.9 Å². The summed E-state index contributed by atoms with van der Waals surface area (Å²) < 4.78 is 17.4. The molecule has 0 spiro atoms. The van der Waals surface area contributed by atoms with Gasteiger partial charge in [0.1, 0.15) is 0 Å². The summed E-state index contributed by atoms with van der Waals surface area (Å²) in [5.41, 5.74) is 2.94. The van der Waals surface area contributed by atoms with Crippen molar-refractivity contribution in [1.82, 2.24) is 5.48 Å². The van der Waals surface area contributed by atoms with Crippen LogP contribution in [0, 0.1) is 0 Å². The second kappa shape index (κ2) is 12.4. The van der Waals surface area contributed by atoms with E-state index in [2.05, 4.69) is 12.4 Å². The number of hydrogen-bond donors (Lipinski definition) is 1. The average molecular weight is 364 g/mol. The zero-order valence-electron chi connectivity index (χ0n) is 14.9. The molecule has 1 aliphatic heterocycles. The van der Waals surface area contributed by atoms with Gasteiger partial charge in [-0.3, -0.25) is 9.32 Å². The lowest BCUT2D eigenvalue weighted by Gasteiger charge is -2.36. The highest BCUT2D eigenvalue weighted by Crippen LogP contribution is 2.23. The standard InChI is InChI=1S/C16H33NO4SSi/c1-4-6-7-8-9-11-16(18)22-12-10-13-23(19-5-2)20-15(3)14-17-21-23/h15,17H,4-14H2,1-3H3. The Bertz CT molecular complexity index is 331. The molecular formula is C16H33NO4SSi. The summed E-state index contributed by atoms with van der Waals surface area (Å²) >= 11 is 1.44. The topological polar surface area (TPSA) is 56.8 Å². The monoisotopic (exact) mass is 363 g/mol. The third-order valence-corrected chi connectivity index (χ3v) is 7.65. The zero-order chi connectivity index (χ0) is 17.0. The van der Waals surface area contributed by atoms with Gasteiger partial charge >= 0.3 is 8.80 Å². The van der Waals surface area contributed by atoms with E-state index in [1.54, 1.807) is 0 Å². The molecule has 0 aromatic rings. The second-order valence-electron chi connectivity index (χ2n) is 5.98. The molecule has 7 heteroatoms. The van der Waals surface area contributed by atoms with Crippen LogP contribution in [0.5, 0.6) is 0 Å². The van der Waals surface area contributed by atoms with Crippen LogP contribution in [0.15, 0.2) is 0 Å². The van der Waals surface area contributed by atoms with Crippen LogP contribution in [0.4, 0.5) is 0 Å². The van der Waals surface area contributed by atoms with Gasteiger partial charge in [-0.1, -0.05) is 44.4 Å². The van der Waals surface area contributed by atoms with E-state index >= 15 is 0 Å². The van der Waals surface area contributed by atoms with Gasteiger partial charge in [-0.2, -0.15) is 0 Å². The fourth-order valence-electron chi connectivity index (χ4n) is 2.53. The summed E-state index contributed by atoms with van der Waals surface area (Å²) in [6, 6.07) is 0.759. The first-order valence-electron chi connectivity index (χ1n) is 9.00. The Morgan fingerprint density at radius 3 is 2.74 bits per heavy atom. The first-order valence-corrected chi connectivity index (χ1v) is 11.9. The van der Waals surface area contributed by atoms with Crippen LogP contribution < -0.4 is 5.48 Å². The van der Waals surface area contributed by atoms with E-state index in [0.29, 0.717) is 24.7 Å². The molecule has 23 heavy (non-hydrogen) atoms. The van der Waals surface area contributed by atoms with E-state index in [-0.39, 0.29) is 6.10 Å². The summed E-state index contributed by atoms with van der Waals surface area (Å²) in [5.74, 6) is 0.816. The number of nitrogens with one attached hydrogen (secondary N) is 1. The van der Waals surface area contributed by atoms with Crippen LogP contribution in [0.25, 0.3) is 0 Å². The Labute approximate surface area is 146 Å². The highest BCUT2D eigenvalue weighted by atomic mass is 32.2. The molecule has 0 radical (unpaired) electrons. The maximum atomic E-state index is 11.9. The summed E-state index contributed by atoms with van der Waals surface area (Å²) in [6.07, 6.45) is 7.66. The van der Waals surface area contributed by atoms with Gasteiger partial charge in [0.15, 0.2) is 5.12 Å². The Hall–Kier alpha value is 0.0769. The van der Waals surface area contributed by atoms with Crippen LogP contribution in [0.1, 0.15) is 65.7 Å². The minimum atomic E-state index is -2.59. The Morgan fingerprint density at radius 1 is 1.26 bits per heavy atom. The SMILES string of the molecule is CCCCCCCC(=O)SCCC[Si]1(OCC)ONCC(C)O1. The van der Waals surface area contributed by atoms with Crippen LogP contribution >= 0.6 is 11.8 Å². The molecule has 0 aromatic heterocycles. The molecular weight excluding hydrogens is 330 g/mol. The number of rotatable bonds is 12. The largest absolute Gasteiger partial charge is 0.518 e. The summed E-state index contributed by atoms with van der Waals surface area (Å²) in [4.78, 5) is 11.9. The number of carbonyl (C=O) groups excluding carboxylic acids is 1. The van der Waals surface area contributed by atoms with Crippen molar-refractivity contribution in [3.05, 3.63) is 0 Å². The van der Waals surface area contributed by atoms with Crippen LogP contribution in [0.3, 0.4) is 0 Å². The lowest BCUT2D eigenvalue weighted by Crippen LogP contribution is -2.57. The van der Waals surface area contributed by atoms with Crippen molar-refractivity contribution in [3.8, 4) is 0 Å². The van der Waals surface area contributed by atoms with Crippen LogP contribution in [0.2, 0.25) is 6.04 Å². The Morgan fingerprint density at radius 2 is 2.04 bits per heavy atom. The molecule has 136 valence electrons. The average Bonchev–Trinajstić information content (AvgIpc) is 2.52. The van der Waals surface area contributed by atoms with Crippen molar-refractivity contribution in [1.29, 1.82) is 0 Å². The molecule has 0 amide bonds. The van der Waals surface area contributed by atoms with Crippen molar-refractivity contribution >= 4 is 25.7 Å². The summed E-state index contributed by atoms with van der Waals surface area (Å²) in [7, 11) is -2.59. The Kier molecular flexibility index (Phi) is 11.4. The predicted octanol–water partition coefficient (Wildman–Crippen LogP) is 3.91. The molecule has 2 atom stereocenters. The van der Waals surface area contributed by atoms with Crippen molar-refractivity contribution in [3.63, 3.8) is 0 Å². The molecule has 0 aliphatic carbocycles. The summed E-state index contributed by atoms with van der Waals surface area (Å²) in [5, 5.41) is 0.311. The van der Waals surface area contributed by atoms with Crippen molar-refractivity contribution in [2.24, 2.45) is 0 Å². The predicted molar refractivity (Wildman–Crippen MR) is 97.3 cm³/mol. The molecule has 0 saturated carbocycles. The molecule has 1 N–H and O–H groups in total. The quantitative estimate of drug-likeness (QED) is 0.419. The van der Waals surface area contributed by atoms with Gasteiger partial charge in [-0.25, -0.2) is 5.48 Å². The van der Waals surface area contributed by atoms with Gasteiger partial charge in [0, 0.05) is 31.4 Å². The number of thioether (sulfide) groups is 1. The highest BCUT2D eigenvalue weighted by molar-refractivity contribution is 8.13. The molecule has 1 heterocycles. The van der Waals surface area contributed by atoms with E-state index in [1.165, 1.54) is 37.4 Å². The van der Waals surface area contributed by atoms with Crippen molar-refractivity contribution < 1.29 is 18.2 Å². The fraction of sp³-hybridized carbons (Fsp3) is 0.938. The molecule has 1 aliphatic rings. The molecule has 0 bridgehead atoms. The van der Waals surface area contributed by atoms with E-state index < -0.39 is 8.80 Å². The maximum absolute atomic E-state index is 11.9. The van der Waals surface area contributed by atoms with E-state index in [1.807, 2.05) is 13.8 Å². The van der Waals surface area contributed by atoms with Crippen LogP contribution in [-0.2, 0) is 18.2 Å². The molecule has 5 nitrogen and oxygen atoms in total. The third-order valence-electron chi connectivity index (χ3n) is 3.72. The molecule has 1 saturated heterocycles. The van der Waals surface area contributed by atoms with E-state index in [0.717, 1.165) is 24.6 Å². The number of unbranched alkanes of at least 4 members (excludes halogenated alkanes) is 4. The molecule has 1 rings (SSSR count). The number of hydrogen-bond acceptors (Lipinski definition) is 6. The fourth-order valence-corrected chi connectivity index (χ4v) is 6.18. The maximum Gasteiger partial charge on any atom is 0.518 e. The van der Waals surface area contributed by atoms with Gasteiger partial charge in [-0.15, -0.1) is 0 Å². The summed E-state index contributed by atoms with van der Waals surface area (Å²) in [6.45, 7) is 7.46. The smallest absolute Gasteiger partial charge is 0.373 e. The van der Waals surface area contributed by atoms with E-state index in [9.17, 15) is 4.79 Å². The van der Waals surface area contributed by atoms with Gasteiger partial charge in [0.05, 0.1) is 6.10 Å². The van der Waals surface area contributed by atoms with Gasteiger partial charge in [0.25, 0.3) is 0 Å². The molecule has 1 fully saturated rings. The molecule has 0 aromatic carbocycles. The first-order chi connectivity index (χ1) is 11.1. The minimum Gasteiger partial charge on any atom is -0.373 e. The lowest BCUT2D eigenvalue weighted by molar-refractivity contribution is -0.111. The second-order valence-corrected chi connectivity index (χ2v) is 9.73. The van der Waals surface area contributed by atoms with Gasteiger partial charge < -0.3 is 8.85 Å². The normalized spacial score (nSPS) is 24.7. The van der Waals surface area contributed by atoms with Crippen LogP contribution in [-0.4, -0.2) is 38.9 Å². The highest BCUT2D eigenvalue weighted by Gasteiger charge is 2.45. The zero-order valence-corrected chi connectivity index (χ0v) is 16.7. The number of hydroxylamine groups is 1. The van der Waals surface area contributed by atoms with Gasteiger partial charge in [-0.05, 0) is 26.7 Å². The minimum absolute atomic E-state index is 0.111. The van der Waals surface area contributed by atoms with Crippen molar-refractivity contribution in [2.45, 2.75) is 77.9 Å². The first kappa shape index (κ1) is 21.1. The Balaban J connectivity index is 2.15. The van der Waals surface area contributed by atoms with Gasteiger partial charge in [0.2, 0.25) is 0 Å². The van der Waals surface area contributed by atoms with E-state index in [4.69, 9.17) is 13.4 Å². The molecule has 2 unspecified atom stereocenters.